The van der Waals surface area contributed by atoms with Crippen molar-refractivity contribution in [2.45, 2.75) is 32.9 Å². The molecule has 110 valence electrons. The first-order valence-corrected chi connectivity index (χ1v) is 7.00. The molecule has 1 aromatic carbocycles. The number of nitrogens with two attached hydrogens (primary N) is 1. The molecule has 2 rings (SSSR count). The van der Waals surface area contributed by atoms with Gasteiger partial charge in [-0.2, -0.15) is 0 Å². The summed E-state index contributed by atoms with van der Waals surface area (Å²) in [5.74, 6) is 0.169. The average molecular weight is 276 g/mol. The van der Waals surface area contributed by atoms with Crippen LogP contribution in [0.15, 0.2) is 23.4 Å². The maximum atomic E-state index is 8.98. The van der Waals surface area contributed by atoms with Crippen molar-refractivity contribution in [1.29, 1.82) is 0 Å². The summed E-state index contributed by atoms with van der Waals surface area (Å²) in [6, 6.07) is 6.86. The minimum absolute atomic E-state index is 0.169. The summed E-state index contributed by atoms with van der Waals surface area (Å²) in [5, 5.41) is 12.1. The molecule has 0 amide bonds. The molecule has 3 N–H and O–H groups in total. The zero-order chi connectivity index (χ0) is 14.9. The van der Waals surface area contributed by atoms with Gasteiger partial charge in [0.15, 0.2) is 5.84 Å². The van der Waals surface area contributed by atoms with E-state index in [4.69, 9.17) is 10.9 Å². The van der Waals surface area contributed by atoms with Crippen LogP contribution in [-0.4, -0.2) is 48.2 Å². The second-order valence-corrected chi connectivity index (χ2v) is 5.72. The van der Waals surface area contributed by atoms with Gasteiger partial charge in [-0.1, -0.05) is 17.3 Å². The van der Waals surface area contributed by atoms with Gasteiger partial charge in [-0.25, -0.2) is 0 Å². The molecule has 0 saturated carbocycles. The first-order valence-electron chi connectivity index (χ1n) is 7.00. The summed E-state index contributed by atoms with van der Waals surface area (Å²) in [6.07, 6.45) is 0. The molecule has 1 aliphatic rings. The Morgan fingerprint density at radius 3 is 2.45 bits per heavy atom. The minimum atomic E-state index is 0.169. The molecule has 2 atom stereocenters. The lowest BCUT2D eigenvalue weighted by Crippen LogP contribution is -2.55. The molecule has 1 aliphatic heterocycles. The lowest BCUT2D eigenvalue weighted by Gasteiger charge is -2.44. The zero-order valence-electron chi connectivity index (χ0n) is 12.7. The van der Waals surface area contributed by atoms with Crippen molar-refractivity contribution in [3.8, 4) is 0 Å². The number of rotatable bonds is 2. The number of piperazine rings is 1. The normalized spacial score (nSPS) is 25.0. The van der Waals surface area contributed by atoms with Crippen LogP contribution in [0.3, 0.4) is 0 Å². The second kappa shape index (κ2) is 5.71. The predicted octanol–water partition coefficient (Wildman–Crippen LogP) is 1.62. The van der Waals surface area contributed by atoms with Gasteiger partial charge in [-0.15, -0.1) is 0 Å². The predicted molar refractivity (Wildman–Crippen MR) is 82.6 cm³/mol. The van der Waals surface area contributed by atoms with E-state index >= 15 is 0 Å². The highest BCUT2D eigenvalue weighted by Gasteiger charge is 2.28. The van der Waals surface area contributed by atoms with Gasteiger partial charge in [-0.3, -0.25) is 4.90 Å². The summed E-state index contributed by atoms with van der Waals surface area (Å²) >= 11 is 0. The number of aryl methyl sites for hydroxylation is 1. The van der Waals surface area contributed by atoms with Crippen LogP contribution in [0.2, 0.25) is 0 Å². The van der Waals surface area contributed by atoms with Gasteiger partial charge in [0.25, 0.3) is 0 Å². The van der Waals surface area contributed by atoms with E-state index in [0.29, 0.717) is 12.1 Å². The van der Waals surface area contributed by atoms with Crippen LogP contribution in [-0.2, 0) is 0 Å². The largest absolute Gasteiger partial charge is 0.409 e. The highest BCUT2D eigenvalue weighted by Crippen LogP contribution is 2.28. The molecule has 5 heteroatoms. The van der Waals surface area contributed by atoms with Crippen molar-refractivity contribution in [2.24, 2.45) is 10.9 Å². The SMILES string of the molecule is Cc1cccc(/C(N)=N/O)c1N1CC(C)N(C)C(C)C1. The summed E-state index contributed by atoms with van der Waals surface area (Å²) in [4.78, 5) is 4.73. The van der Waals surface area contributed by atoms with Crippen molar-refractivity contribution in [3.63, 3.8) is 0 Å². The Bertz CT molecular complexity index is 503. The van der Waals surface area contributed by atoms with E-state index in [0.717, 1.165) is 29.9 Å². The number of hydrogen-bond donors (Lipinski definition) is 2. The third-order valence-corrected chi connectivity index (χ3v) is 4.30. The Hall–Kier alpha value is -1.75. The van der Waals surface area contributed by atoms with E-state index in [-0.39, 0.29) is 5.84 Å². The number of hydrogen-bond acceptors (Lipinski definition) is 4. The number of para-hydroxylation sites is 1. The van der Waals surface area contributed by atoms with E-state index in [1.54, 1.807) is 0 Å². The maximum Gasteiger partial charge on any atom is 0.172 e. The number of nitrogens with zero attached hydrogens (tertiary/aromatic N) is 3. The molecular formula is C15H24N4O. The van der Waals surface area contributed by atoms with Crippen molar-refractivity contribution < 1.29 is 5.21 Å². The third-order valence-electron chi connectivity index (χ3n) is 4.30. The number of benzene rings is 1. The minimum Gasteiger partial charge on any atom is -0.409 e. The smallest absolute Gasteiger partial charge is 0.172 e. The Kier molecular flexibility index (Phi) is 4.18. The molecule has 1 fully saturated rings. The van der Waals surface area contributed by atoms with Gasteiger partial charge in [0.2, 0.25) is 0 Å². The third kappa shape index (κ3) is 2.58. The zero-order valence-corrected chi connectivity index (χ0v) is 12.7. The molecule has 2 unspecified atom stereocenters. The quantitative estimate of drug-likeness (QED) is 0.373. The van der Waals surface area contributed by atoms with Crippen molar-refractivity contribution in [3.05, 3.63) is 29.3 Å². The van der Waals surface area contributed by atoms with Crippen LogP contribution in [0.5, 0.6) is 0 Å². The summed E-state index contributed by atoms with van der Waals surface area (Å²) in [7, 11) is 2.16. The van der Waals surface area contributed by atoms with Crippen molar-refractivity contribution >= 4 is 11.5 Å². The standard InChI is InChI=1S/C15H24N4O/c1-10-6-5-7-13(15(16)17-20)14(10)19-8-11(2)18(4)12(3)9-19/h5-7,11-12,20H,8-9H2,1-4H3,(H2,16,17). The number of oxime groups is 1. The lowest BCUT2D eigenvalue weighted by molar-refractivity contribution is 0.170. The molecule has 0 aliphatic carbocycles. The van der Waals surface area contributed by atoms with Gasteiger partial charge >= 0.3 is 0 Å². The molecule has 1 heterocycles. The summed E-state index contributed by atoms with van der Waals surface area (Å²) < 4.78 is 0. The molecule has 1 aromatic rings. The van der Waals surface area contributed by atoms with Crippen molar-refractivity contribution in [1.82, 2.24) is 4.90 Å². The van der Waals surface area contributed by atoms with Crippen LogP contribution in [0.1, 0.15) is 25.0 Å². The lowest BCUT2D eigenvalue weighted by atomic mass is 10.0. The van der Waals surface area contributed by atoms with Gasteiger partial charge in [0, 0.05) is 30.7 Å². The first-order chi connectivity index (χ1) is 9.45. The van der Waals surface area contributed by atoms with E-state index < -0.39 is 0 Å². The molecule has 20 heavy (non-hydrogen) atoms. The van der Waals surface area contributed by atoms with E-state index in [1.165, 1.54) is 0 Å². The van der Waals surface area contributed by atoms with Crippen LogP contribution in [0.25, 0.3) is 0 Å². The fraction of sp³-hybridized carbons (Fsp3) is 0.533. The fourth-order valence-electron chi connectivity index (χ4n) is 2.93. The molecule has 0 radical (unpaired) electrons. The summed E-state index contributed by atoms with van der Waals surface area (Å²) in [6.45, 7) is 8.40. The monoisotopic (exact) mass is 276 g/mol. The number of anilines is 1. The van der Waals surface area contributed by atoms with Gasteiger partial charge in [0.05, 0.1) is 5.69 Å². The highest BCUT2D eigenvalue weighted by atomic mass is 16.4. The number of amidine groups is 1. The number of likely N-dealkylation sites (N-methyl/N-ethyl adjacent to an activating group) is 1. The van der Waals surface area contributed by atoms with Gasteiger partial charge in [-0.05, 0) is 39.4 Å². The van der Waals surface area contributed by atoms with Crippen LogP contribution >= 0.6 is 0 Å². The molecule has 0 aromatic heterocycles. The van der Waals surface area contributed by atoms with Crippen LogP contribution in [0.4, 0.5) is 5.69 Å². The Labute approximate surface area is 120 Å². The van der Waals surface area contributed by atoms with E-state index in [2.05, 4.69) is 48.8 Å². The summed E-state index contributed by atoms with van der Waals surface area (Å²) in [5.41, 5.74) is 8.86. The topological polar surface area (TPSA) is 65.1 Å². The van der Waals surface area contributed by atoms with E-state index in [9.17, 15) is 0 Å². The van der Waals surface area contributed by atoms with Gasteiger partial charge in [0.1, 0.15) is 0 Å². The molecule has 1 saturated heterocycles. The maximum absolute atomic E-state index is 8.98. The van der Waals surface area contributed by atoms with Crippen LogP contribution in [0, 0.1) is 6.92 Å². The second-order valence-electron chi connectivity index (χ2n) is 5.72. The first kappa shape index (κ1) is 14.7. The molecular weight excluding hydrogens is 252 g/mol. The van der Waals surface area contributed by atoms with Crippen LogP contribution < -0.4 is 10.6 Å². The average Bonchev–Trinajstić information content (AvgIpc) is 2.43. The molecule has 0 spiro atoms. The van der Waals surface area contributed by atoms with Gasteiger partial charge < -0.3 is 15.8 Å². The molecule has 5 nitrogen and oxygen atoms in total. The Morgan fingerprint density at radius 2 is 1.90 bits per heavy atom. The molecule has 0 bridgehead atoms. The Balaban J connectivity index is 2.42. The Morgan fingerprint density at radius 1 is 1.30 bits per heavy atom. The van der Waals surface area contributed by atoms with E-state index in [1.807, 2.05) is 12.1 Å². The van der Waals surface area contributed by atoms with Crippen molar-refractivity contribution in [2.75, 3.05) is 25.0 Å². The highest BCUT2D eigenvalue weighted by molar-refractivity contribution is 6.02. The fourth-order valence-corrected chi connectivity index (χ4v) is 2.93.